The van der Waals surface area contributed by atoms with Crippen LogP contribution >= 0.6 is 0 Å². The monoisotopic (exact) mass is 555 g/mol. The molecule has 1 aliphatic rings. The molecule has 0 radical (unpaired) electrons. The largest absolute Gasteiger partial charge is 0.488 e. The van der Waals surface area contributed by atoms with Gasteiger partial charge in [0, 0.05) is 49.8 Å². The van der Waals surface area contributed by atoms with Crippen LogP contribution in [0.15, 0.2) is 36.4 Å². The second-order valence-electron chi connectivity index (χ2n) is 11.6. The van der Waals surface area contributed by atoms with Crippen LogP contribution in [0.4, 0.5) is 4.39 Å². The molecule has 9 heteroatoms. The van der Waals surface area contributed by atoms with Gasteiger partial charge >= 0.3 is 0 Å². The molecule has 0 aliphatic carbocycles. The molecule has 2 aromatic carbocycles. The minimum absolute atomic E-state index is 0.00132. The zero-order valence-corrected chi connectivity index (χ0v) is 24.5. The average Bonchev–Trinajstić information content (AvgIpc) is 2.87. The van der Waals surface area contributed by atoms with Gasteiger partial charge in [-0.3, -0.25) is 14.5 Å². The van der Waals surface area contributed by atoms with Crippen molar-refractivity contribution >= 4 is 18.6 Å². The normalized spacial score (nSPS) is 17.1. The van der Waals surface area contributed by atoms with Crippen molar-refractivity contribution in [3.05, 3.63) is 64.5 Å². The summed E-state index contributed by atoms with van der Waals surface area (Å²) in [6, 6.07) is 10.0. The molecule has 1 unspecified atom stereocenters. The number of rotatable bonds is 13. The zero-order chi connectivity index (χ0) is 29.5. The van der Waals surface area contributed by atoms with Crippen LogP contribution in [0, 0.1) is 12.7 Å². The van der Waals surface area contributed by atoms with Crippen LogP contribution in [-0.4, -0.2) is 65.8 Å². The molecule has 0 bridgehead atoms. The summed E-state index contributed by atoms with van der Waals surface area (Å²) in [7, 11) is 1.49. The molecule has 0 aromatic heterocycles. The molecule has 1 N–H and O–H groups in total. The second-order valence-corrected chi connectivity index (χ2v) is 11.6. The lowest BCUT2D eigenvalue weighted by Crippen LogP contribution is -2.56. The number of benzene rings is 2. The average molecular weight is 556 g/mol. The van der Waals surface area contributed by atoms with Gasteiger partial charge in [0.2, 0.25) is 12.3 Å². The highest BCUT2D eigenvalue weighted by atomic mass is 19.1. The number of ether oxygens (including phenoxy) is 2. The fourth-order valence-electron chi connectivity index (χ4n) is 5.58. The van der Waals surface area contributed by atoms with E-state index in [9.17, 15) is 14.4 Å². The maximum Gasteiger partial charge on any atom is 0.242 e. The fourth-order valence-corrected chi connectivity index (χ4v) is 5.58. The Morgan fingerprint density at radius 1 is 1.12 bits per heavy atom. The third kappa shape index (κ3) is 8.11. The Labute approximate surface area is 236 Å². The van der Waals surface area contributed by atoms with E-state index in [1.54, 1.807) is 18.2 Å². The first-order valence-corrected chi connectivity index (χ1v) is 13.7. The van der Waals surface area contributed by atoms with Gasteiger partial charge in [-0.2, -0.15) is 0 Å². The molecule has 2 amide bonds. The summed E-state index contributed by atoms with van der Waals surface area (Å²) >= 11 is 0. The van der Waals surface area contributed by atoms with Crippen molar-refractivity contribution in [3.63, 3.8) is 0 Å². The van der Waals surface area contributed by atoms with Gasteiger partial charge in [0.15, 0.2) is 0 Å². The number of nitrogens with zero attached hydrogens (tertiary/aromatic N) is 2. The summed E-state index contributed by atoms with van der Waals surface area (Å²) < 4.78 is 27.9. The number of likely N-dealkylation sites (N-methyl/N-ethyl adjacent to an activating group) is 1. The molecule has 8 nitrogen and oxygen atoms in total. The molecule has 2 aromatic rings. The number of hydrogen-bond donors (Lipinski definition) is 1. The van der Waals surface area contributed by atoms with Crippen molar-refractivity contribution in [3.8, 4) is 5.75 Å². The number of aldehydes is 1. The third-order valence-corrected chi connectivity index (χ3v) is 7.05. The number of carbonyl (C=O) groups is 3. The first-order valence-electron chi connectivity index (χ1n) is 13.7. The van der Waals surface area contributed by atoms with Gasteiger partial charge in [-0.25, -0.2) is 4.39 Å². The smallest absolute Gasteiger partial charge is 0.242 e. The summed E-state index contributed by atoms with van der Waals surface area (Å²) in [5, 5.41) is 2.56. The molecule has 1 heterocycles. The number of morpholine rings is 1. The number of halogens is 1. The number of carbonyl (C=O) groups excluding carboxylic acids is 3. The van der Waals surface area contributed by atoms with Crippen LogP contribution in [0.2, 0.25) is 0 Å². The Morgan fingerprint density at radius 2 is 1.77 bits per heavy atom. The molecule has 0 saturated carbocycles. The molecule has 0 spiro atoms. The van der Waals surface area contributed by atoms with Gasteiger partial charge in [-0.1, -0.05) is 30.3 Å². The quantitative estimate of drug-likeness (QED) is 0.374. The Balaban J connectivity index is 1.78. The van der Waals surface area contributed by atoms with Crippen LogP contribution in [-0.2, 0) is 38.8 Å². The van der Waals surface area contributed by atoms with Crippen molar-refractivity contribution in [2.75, 3.05) is 20.1 Å². The predicted octanol–water partition coefficient (Wildman–Crippen LogP) is 4.15. The Kier molecular flexibility index (Phi) is 10.4. The SMILES string of the molecule is CNC(=O)C(CCC=O)N(C=O)Cc1c(C)cccc1OCc1cccc(CN2CC(C)(C)OC(C)(C)C2)c1F. The molecular formula is C31H42FN3O5. The predicted molar refractivity (Wildman–Crippen MR) is 151 cm³/mol. The van der Waals surface area contributed by atoms with Gasteiger partial charge in [-0.05, 0) is 52.7 Å². The summed E-state index contributed by atoms with van der Waals surface area (Å²) in [4.78, 5) is 39.0. The van der Waals surface area contributed by atoms with E-state index < -0.39 is 6.04 Å². The fraction of sp³-hybridized carbons (Fsp3) is 0.516. The van der Waals surface area contributed by atoms with Gasteiger partial charge in [0.05, 0.1) is 17.7 Å². The minimum atomic E-state index is -0.801. The van der Waals surface area contributed by atoms with E-state index in [2.05, 4.69) is 10.2 Å². The van der Waals surface area contributed by atoms with Crippen LogP contribution in [0.3, 0.4) is 0 Å². The summed E-state index contributed by atoms with van der Waals surface area (Å²) in [6.45, 7) is 12.0. The molecular weight excluding hydrogens is 513 g/mol. The molecule has 1 fully saturated rings. The van der Waals surface area contributed by atoms with E-state index in [0.29, 0.717) is 48.5 Å². The summed E-state index contributed by atoms with van der Waals surface area (Å²) in [5.74, 6) is -0.155. The van der Waals surface area contributed by atoms with E-state index in [-0.39, 0.29) is 48.9 Å². The van der Waals surface area contributed by atoms with Crippen LogP contribution in [0.1, 0.15) is 62.8 Å². The number of hydrogen-bond acceptors (Lipinski definition) is 6. The lowest BCUT2D eigenvalue weighted by Gasteiger charge is -2.47. The maximum atomic E-state index is 15.6. The van der Waals surface area contributed by atoms with E-state index >= 15 is 4.39 Å². The van der Waals surface area contributed by atoms with E-state index in [1.165, 1.54) is 11.9 Å². The highest BCUT2D eigenvalue weighted by Gasteiger charge is 2.38. The first-order chi connectivity index (χ1) is 18.9. The molecule has 40 heavy (non-hydrogen) atoms. The van der Waals surface area contributed by atoms with Gasteiger partial charge in [0.1, 0.15) is 30.5 Å². The summed E-state index contributed by atoms with van der Waals surface area (Å²) in [5.41, 5.74) is 1.93. The van der Waals surface area contributed by atoms with E-state index in [1.807, 2.05) is 52.8 Å². The van der Waals surface area contributed by atoms with Crippen LogP contribution < -0.4 is 10.1 Å². The van der Waals surface area contributed by atoms with Gasteiger partial charge in [0.25, 0.3) is 0 Å². The van der Waals surface area contributed by atoms with Crippen molar-refractivity contribution < 1.29 is 28.2 Å². The van der Waals surface area contributed by atoms with Crippen molar-refractivity contribution in [1.29, 1.82) is 0 Å². The van der Waals surface area contributed by atoms with Crippen LogP contribution in [0.5, 0.6) is 5.75 Å². The van der Waals surface area contributed by atoms with Crippen molar-refractivity contribution in [2.45, 2.75) is 84.4 Å². The Hall–Kier alpha value is -3.30. The minimum Gasteiger partial charge on any atom is -0.488 e. The van der Waals surface area contributed by atoms with Gasteiger partial charge < -0.3 is 24.5 Å². The standard InChI is InChI=1S/C31H42FN3O5/c1-22-10-7-14-27(25(22)17-35(21-37)26(13-9-15-36)29(38)33-6)39-18-24-12-8-11-23(28(24)32)16-34-19-30(2,3)40-31(4,5)20-34/h7-8,10-12,14-15,21,26H,9,13,16-20H2,1-6H3,(H,33,38). The molecule has 218 valence electrons. The molecule has 1 aliphatic heterocycles. The van der Waals surface area contributed by atoms with Crippen LogP contribution in [0.25, 0.3) is 0 Å². The van der Waals surface area contributed by atoms with E-state index in [4.69, 9.17) is 9.47 Å². The highest BCUT2D eigenvalue weighted by Crippen LogP contribution is 2.30. The van der Waals surface area contributed by atoms with Gasteiger partial charge in [-0.15, -0.1) is 0 Å². The van der Waals surface area contributed by atoms with E-state index in [0.717, 1.165) is 11.8 Å². The zero-order valence-electron chi connectivity index (χ0n) is 24.5. The Bertz CT molecular complexity index is 1180. The lowest BCUT2D eigenvalue weighted by atomic mass is 9.98. The second kappa shape index (κ2) is 13.4. The van der Waals surface area contributed by atoms with Crippen molar-refractivity contribution in [1.82, 2.24) is 15.1 Å². The highest BCUT2D eigenvalue weighted by molar-refractivity contribution is 5.83. The summed E-state index contributed by atoms with van der Waals surface area (Å²) in [6.07, 6.45) is 1.69. The third-order valence-electron chi connectivity index (χ3n) is 7.05. The molecule has 3 rings (SSSR count). The first kappa shape index (κ1) is 31.2. The van der Waals surface area contributed by atoms with Crippen molar-refractivity contribution in [2.24, 2.45) is 0 Å². The molecule has 1 atom stereocenters. The topological polar surface area (TPSA) is 88.2 Å². The number of nitrogens with one attached hydrogen (secondary N) is 1. The maximum absolute atomic E-state index is 15.6. The number of amides is 2. The Morgan fingerprint density at radius 3 is 2.40 bits per heavy atom. The molecule has 1 saturated heterocycles. The lowest BCUT2D eigenvalue weighted by molar-refractivity contribution is -0.182. The number of aryl methyl sites for hydroxylation is 1.